The van der Waals surface area contributed by atoms with Crippen molar-refractivity contribution in [2.75, 3.05) is 0 Å². The molecule has 0 heterocycles. The van der Waals surface area contributed by atoms with Crippen molar-refractivity contribution in [3.63, 3.8) is 0 Å². The molecule has 0 amide bonds. The van der Waals surface area contributed by atoms with Crippen LogP contribution < -0.4 is 0 Å². The zero-order valence-electron chi connectivity index (χ0n) is 34.2. The smallest absolute Gasteiger partial charge is 0.306 e. The van der Waals surface area contributed by atoms with Crippen LogP contribution in [0.15, 0.2) is 0 Å². The molecule has 0 fully saturated rings. The van der Waals surface area contributed by atoms with Crippen LogP contribution in [0.3, 0.4) is 0 Å². The molecule has 0 aliphatic rings. The van der Waals surface area contributed by atoms with Crippen molar-refractivity contribution in [2.45, 2.75) is 283 Å². The molecule has 0 aromatic carbocycles. The van der Waals surface area contributed by atoms with Gasteiger partial charge < -0.3 is 9.84 Å². The first kappa shape index (κ1) is 48.9. The van der Waals surface area contributed by atoms with Crippen LogP contribution in [-0.2, 0) is 14.3 Å². The van der Waals surface area contributed by atoms with E-state index in [1.165, 1.54) is 218 Å². The number of aliphatic carboxylic acids is 1. The van der Waals surface area contributed by atoms with E-state index in [-0.39, 0.29) is 12.1 Å². The van der Waals surface area contributed by atoms with Gasteiger partial charge in [-0.3, -0.25) is 9.59 Å². The first-order valence-corrected chi connectivity index (χ1v) is 23.0. The van der Waals surface area contributed by atoms with E-state index in [0.29, 0.717) is 12.8 Å². The number of carbonyl (C=O) groups excluding carboxylic acids is 1. The summed E-state index contributed by atoms with van der Waals surface area (Å²) in [6.07, 6.45) is 51.6. The number of carboxylic acid groups (broad SMARTS) is 1. The molecular weight excluding hydrogens is 617 g/mol. The summed E-state index contributed by atoms with van der Waals surface area (Å²) in [5.41, 5.74) is 0. The van der Waals surface area contributed by atoms with Gasteiger partial charge in [0.15, 0.2) is 0 Å². The van der Waals surface area contributed by atoms with E-state index in [0.717, 1.165) is 32.1 Å². The van der Waals surface area contributed by atoms with Crippen molar-refractivity contribution in [3.05, 3.63) is 0 Å². The minimum absolute atomic E-state index is 0.0490. The van der Waals surface area contributed by atoms with Gasteiger partial charge in [0.1, 0.15) is 6.10 Å². The van der Waals surface area contributed by atoms with Gasteiger partial charge in [-0.05, 0) is 38.5 Å². The highest BCUT2D eigenvalue weighted by molar-refractivity contribution is 5.69. The van der Waals surface area contributed by atoms with Gasteiger partial charge in [-0.1, -0.05) is 226 Å². The molecule has 0 bridgehead atoms. The SMILES string of the molecule is CCCCCCCCCCCCCCCCCCCCCC(=O)OC(CCCCCCCCC)CCCCCCCCCCCCCC(=O)O. The first-order valence-electron chi connectivity index (χ1n) is 23.0. The number of hydrogen-bond donors (Lipinski definition) is 1. The molecule has 0 aromatic rings. The van der Waals surface area contributed by atoms with Gasteiger partial charge in [0.2, 0.25) is 0 Å². The number of ether oxygens (including phenoxy) is 1. The predicted octanol–water partition coefficient (Wildman–Crippen LogP) is 16.0. The van der Waals surface area contributed by atoms with E-state index in [4.69, 9.17) is 9.84 Å². The molecule has 50 heavy (non-hydrogen) atoms. The second-order valence-electron chi connectivity index (χ2n) is 16.0. The summed E-state index contributed by atoms with van der Waals surface area (Å²) in [5, 5.41) is 8.72. The largest absolute Gasteiger partial charge is 0.481 e. The van der Waals surface area contributed by atoms with Crippen molar-refractivity contribution < 1.29 is 19.4 Å². The zero-order chi connectivity index (χ0) is 36.4. The second kappa shape index (κ2) is 42.4. The molecule has 1 unspecified atom stereocenters. The van der Waals surface area contributed by atoms with Crippen LogP contribution in [0.1, 0.15) is 277 Å². The topological polar surface area (TPSA) is 63.6 Å². The maximum Gasteiger partial charge on any atom is 0.306 e. The Hall–Kier alpha value is -1.06. The normalized spacial score (nSPS) is 12.0. The van der Waals surface area contributed by atoms with Crippen molar-refractivity contribution in [3.8, 4) is 0 Å². The Bertz CT molecular complexity index is 677. The molecule has 0 aliphatic heterocycles. The molecule has 1 atom stereocenters. The minimum atomic E-state index is -0.668. The van der Waals surface area contributed by atoms with E-state index in [9.17, 15) is 9.59 Å². The third-order valence-corrected chi connectivity index (χ3v) is 10.8. The van der Waals surface area contributed by atoms with E-state index in [2.05, 4.69) is 13.8 Å². The fourth-order valence-electron chi connectivity index (χ4n) is 7.42. The third kappa shape index (κ3) is 41.4. The summed E-state index contributed by atoms with van der Waals surface area (Å²) in [5.74, 6) is -0.619. The highest BCUT2D eigenvalue weighted by atomic mass is 16.5. The number of rotatable bonds is 43. The first-order chi connectivity index (χ1) is 24.6. The quantitative estimate of drug-likeness (QED) is 0.0506. The summed E-state index contributed by atoms with van der Waals surface area (Å²) in [7, 11) is 0. The molecule has 4 nitrogen and oxygen atoms in total. The lowest BCUT2D eigenvalue weighted by Gasteiger charge is -2.18. The Labute approximate surface area is 313 Å². The summed E-state index contributed by atoms with van der Waals surface area (Å²) < 4.78 is 6.07. The number of esters is 1. The summed E-state index contributed by atoms with van der Waals surface area (Å²) in [6.45, 7) is 4.57. The van der Waals surface area contributed by atoms with Gasteiger partial charge in [0, 0.05) is 12.8 Å². The molecule has 0 spiro atoms. The third-order valence-electron chi connectivity index (χ3n) is 10.8. The van der Waals surface area contributed by atoms with Crippen LogP contribution in [0.2, 0.25) is 0 Å². The molecule has 0 radical (unpaired) electrons. The zero-order valence-corrected chi connectivity index (χ0v) is 34.2. The molecule has 0 saturated carbocycles. The molecule has 0 rings (SSSR count). The van der Waals surface area contributed by atoms with Crippen LogP contribution >= 0.6 is 0 Å². The second-order valence-corrected chi connectivity index (χ2v) is 16.0. The van der Waals surface area contributed by atoms with Crippen LogP contribution in [0, 0.1) is 0 Å². The van der Waals surface area contributed by atoms with Gasteiger partial charge in [-0.25, -0.2) is 0 Å². The van der Waals surface area contributed by atoms with Crippen molar-refractivity contribution >= 4 is 11.9 Å². The molecule has 0 aromatic heterocycles. The number of carboxylic acids is 1. The van der Waals surface area contributed by atoms with Crippen LogP contribution in [-0.4, -0.2) is 23.1 Å². The van der Waals surface area contributed by atoms with Gasteiger partial charge in [0.05, 0.1) is 0 Å². The Morgan fingerprint density at radius 1 is 0.360 bits per heavy atom. The highest BCUT2D eigenvalue weighted by Gasteiger charge is 2.14. The lowest BCUT2D eigenvalue weighted by Crippen LogP contribution is -2.18. The number of hydrogen-bond acceptors (Lipinski definition) is 3. The van der Waals surface area contributed by atoms with Gasteiger partial charge in [-0.2, -0.15) is 0 Å². The van der Waals surface area contributed by atoms with E-state index >= 15 is 0 Å². The summed E-state index contributed by atoms with van der Waals surface area (Å²) in [6, 6.07) is 0. The Kier molecular flexibility index (Phi) is 41.5. The number of carbonyl (C=O) groups is 2. The van der Waals surface area contributed by atoms with Crippen LogP contribution in [0.4, 0.5) is 0 Å². The lowest BCUT2D eigenvalue weighted by molar-refractivity contribution is -0.150. The number of unbranched alkanes of at least 4 members (excludes halogenated alkanes) is 34. The fourth-order valence-corrected chi connectivity index (χ4v) is 7.42. The molecule has 298 valence electrons. The predicted molar refractivity (Wildman–Crippen MR) is 218 cm³/mol. The summed E-state index contributed by atoms with van der Waals surface area (Å²) >= 11 is 0. The van der Waals surface area contributed by atoms with Crippen molar-refractivity contribution in [1.29, 1.82) is 0 Å². The molecule has 0 saturated heterocycles. The monoisotopic (exact) mass is 707 g/mol. The lowest BCUT2D eigenvalue weighted by atomic mass is 10.0. The van der Waals surface area contributed by atoms with Crippen LogP contribution in [0.5, 0.6) is 0 Å². The van der Waals surface area contributed by atoms with Crippen molar-refractivity contribution in [2.24, 2.45) is 0 Å². The highest BCUT2D eigenvalue weighted by Crippen LogP contribution is 2.20. The minimum Gasteiger partial charge on any atom is -0.481 e. The average molecular weight is 707 g/mol. The Morgan fingerprint density at radius 3 is 0.880 bits per heavy atom. The van der Waals surface area contributed by atoms with Gasteiger partial charge in [-0.15, -0.1) is 0 Å². The maximum absolute atomic E-state index is 12.7. The molecular formula is C46H90O4. The van der Waals surface area contributed by atoms with Gasteiger partial charge >= 0.3 is 11.9 Å². The molecule has 1 N–H and O–H groups in total. The van der Waals surface area contributed by atoms with Crippen molar-refractivity contribution in [1.82, 2.24) is 0 Å². The van der Waals surface area contributed by atoms with E-state index < -0.39 is 5.97 Å². The Morgan fingerprint density at radius 2 is 0.600 bits per heavy atom. The van der Waals surface area contributed by atoms with E-state index in [1.54, 1.807) is 0 Å². The maximum atomic E-state index is 12.7. The molecule has 0 aliphatic carbocycles. The average Bonchev–Trinajstić information content (AvgIpc) is 3.10. The standard InChI is InChI=1S/C46H90O4/c1-3-5-7-9-11-12-13-14-15-16-17-18-19-20-24-27-31-35-39-43-46(49)50-44(40-36-32-28-10-8-6-4-2)41-37-33-29-25-22-21-23-26-30-34-38-42-45(47)48/h44H,3-43H2,1-2H3,(H,47,48). The Balaban J connectivity index is 3.86. The van der Waals surface area contributed by atoms with Crippen LogP contribution in [0.25, 0.3) is 0 Å². The van der Waals surface area contributed by atoms with E-state index in [1.807, 2.05) is 0 Å². The molecule has 4 heteroatoms. The fraction of sp³-hybridized carbons (Fsp3) is 0.957. The summed E-state index contributed by atoms with van der Waals surface area (Å²) in [4.78, 5) is 23.3. The van der Waals surface area contributed by atoms with Gasteiger partial charge in [0.25, 0.3) is 0 Å².